The standard InChI is InChI=1S/C22H18BrNO6S/c1-28-18-10-14(22(27)30-12-17(25)13-6-3-4-7-15(13)23)16(11-19(18)29-2)24-21(26)20-8-5-9-31-20/h3-11H,12H2,1-2H3,(H,24,26). The Hall–Kier alpha value is -3.17. The second-order valence-electron chi connectivity index (χ2n) is 6.16. The van der Waals surface area contributed by atoms with Crippen LogP contribution in [0.5, 0.6) is 11.5 Å². The molecule has 31 heavy (non-hydrogen) atoms. The molecule has 0 spiro atoms. The molecule has 1 heterocycles. The molecule has 1 amide bonds. The van der Waals surface area contributed by atoms with Crippen LogP contribution in [0.15, 0.2) is 58.4 Å². The van der Waals surface area contributed by atoms with E-state index in [9.17, 15) is 14.4 Å². The number of esters is 1. The molecule has 9 heteroatoms. The van der Waals surface area contributed by atoms with Crippen LogP contribution in [0.1, 0.15) is 30.4 Å². The van der Waals surface area contributed by atoms with Crippen molar-refractivity contribution in [3.63, 3.8) is 0 Å². The second kappa shape index (κ2) is 10.2. The Bertz CT molecular complexity index is 1110. The van der Waals surface area contributed by atoms with Crippen molar-refractivity contribution < 1.29 is 28.6 Å². The molecule has 2 aromatic carbocycles. The number of ether oxygens (including phenoxy) is 3. The fourth-order valence-electron chi connectivity index (χ4n) is 2.72. The second-order valence-corrected chi connectivity index (χ2v) is 7.97. The molecule has 0 atom stereocenters. The summed E-state index contributed by atoms with van der Waals surface area (Å²) in [6.45, 7) is -0.464. The third-order valence-electron chi connectivity index (χ3n) is 4.25. The van der Waals surface area contributed by atoms with Gasteiger partial charge in [-0.15, -0.1) is 11.3 Å². The number of carbonyl (C=O) groups excluding carboxylic acids is 3. The maximum atomic E-state index is 12.8. The van der Waals surface area contributed by atoms with Gasteiger partial charge in [-0.3, -0.25) is 9.59 Å². The van der Waals surface area contributed by atoms with Crippen molar-refractivity contribution in [1.82, 2.24) is 0 Å². The summed E-state index contributed by atoms with van der Waals surface area (Å²) in [7, 11) is 2.87. The van der Waals surface area contributed by atoms with Gasteiger partial charge in [0.1, 0.15) is 0 Å². The first-order chi connectivity index (χ1) is 14.9. The number of Topliss-reactive ketones (excluding diaryl/α,β-unsaturated/α-hetero) is 1. The summed E-state index contributed by atoms with van der Waals surface area (Å²) in [6.07, 6.45) is 0. The monoisotopic (exact) mass is 503 g/mol. The zero-order valence-corrected chi connectivity index (χ0v) is 19.0. The van der Waals surface area contributed by atoms with Gasteiger partial charge in [-0.25, -0.2) is 4.79 Å². The molecule has 0 saturated carbocycles. The summed E-state index contributed by atoms with van der Waals surface area (Å²) in [6, 6.07) is 13.1. The number of anilines is 1. The summed E-state index contributed by atoms with van der Waals surface area (Å²) in [5.74, 6) is -0.945. The smallest absolute Gasteiger partial charge is 0.340 e. The maximum absolute atomic E-state index is 12.8. The number of rotatable bonds is 8. The number of thiophene rings is 1. The molecule has 3 rings (SSSR count). The quantitative estimate of drug-likeness (QED) is 0.350. The predicted molar refractivity (Wildman–Crippen MR) is 121 cm³/mol. The van der Waals surface area contributed by atoms with E-state index in [1.807, 2.05) is 0 Å². The first kappa shape index (κ1) is 22.5. The highest BCUT2D eigenvalue weighted by atomic mass is 79.9. The van der Waals surface area contributed by atoms with Gasteiger partial charge < -0.3 is 19.5 Å². The van der Waals surface area contributed by atoms with Gasteiger partial charge in [0.25, 0.3) is 5.91 Å². The minimum Gasteiger partial charge on any atom is -0.493 e. The van der Waals surface area contributed by atoms with Crippen molar-refractivity contribution >= 4 is 50.6 Å². The highest BCUT2D eigenvalue weighted by molar-refractivity contribution is 9.10. The van der Waals surface area contributed by atoms with Gasteiger partial charge in [-0.1, -0.05) is 40.2 Å². The van der Waals surface area contributed by atoms with Crippen LogP contribution in [-0.4, -0.2) is 38.5 Å². The number of hydrogen-bond donors (Lipinski definition) is 1. The van der Waals surface area contributed by atoms with E-state index in [4.69, 9.17) is 14.2 Å². The molecule has 0 unspecified atom stereocenters. The van der Waals surface area contributed by atoms with E-state index >= 15 is 0 Å². The van der Waals surface area contributed by atoms with Crippen molar-refractivity contribution in [1.29, 1.82) is 0 Å². The van der Waals surface area contributed by atoms with E-state index in [-0.39, 0.29) is 28.7 Å². The third-order valence-corrected chi connectivity index (χ3v) is 5.81. The molecular formula is C22H18BrNO6S. The van der Waals surface area contributed by atoms with Crippen LogP contribution in [-0.2, 0) is 4.74 Å². The van der Waals surface area contributed by atoms with Crippen molar-refractivity contribution in [3.8, 4) is 11.5 Å². The lowest BCUT2D eigenvalue weighted by atomic mass is 10.1. The molecule has 0 radical (unpaired) electrons. The summed E-state index contributed by atoms with van der Waals surface area (Å²) in [5.41, 5.74) is 0.603. The summed E-state index contributed by atoms with van der Waals surface area (Å²) >= 11 is 4.56. The number of nitrogens with one attached hydrogen (secondary N) is 1. The lowest BCUT2D eigenvalue weighted by Crippen LogP contribution is -2.18. The molecule has 1 aromatic heterocycles. The van der Waals surface area contributed by atoms with Crippen LogP contribution in [0.3, 0.4) is 0 Å². The minimum atomic E-state index is -0.789. The maximum Gasteiger partial charge on any atom is 0.340 e. The Labute approximate surface area is 191 Å². The Morgan fingerprint density at radius 1 is 0.968 bits per heavy atom. The number of halogens is 1. The normalized spacial score (nSPS) is 10.3. The number of amides is 1. The molecule has 0 fully saturated rings. The van der Waals surface area contributed by atoms with E-state index < -0.39 is 12.6 Å². The fraction of sp³-hybridized carbons (Fsp3) is 0.136. The fourth-order valence-corrected chi connectivity index (χ4v) is 3.84. The zero-order valence-electron chi connectivity index (χ0n) is 16.6. The van der Waals surface area contributed by atoms with Crippen LogP contribution < -0.4 is 14.8 Å². The molecule has 0 saturated heterocycles. The van der Waals surface area contributed by atoms with Gasteiger partial charge >= 0.3 is 5.97 Å². The van der Waals surface area contributed by atoms with E-state index in [1.54, 1.807) is 41.8 Å². The Balaban J connectivity index is 1.85. The molecule has 0 bridgehead atoms. The van der Waals surface area contributed by atoms with Gasteiger partial charge in [0.2, 0.25) is 5.78 Å². The molecule has 3 aromatic rings. The first-order valence-electron chi connectivity index (χ1n) is 9.00. The van der Waals surface area contributed by atoms with Gasteiger partial charge in [0, 0.05) is 22.2 Å². The number of ketones is 1. The van der Waals surface area contributed by atoms with Crippen LogP contribution in [0.25, 0.3) is 0 Å². The SMILES string of the molecule is COc1cc(NC(=O)c2cccs2)c(C(=O)OCC(=O)c2ccccc2Br)cc1OC. The molecule has 1 N–H and O–H groups in total. The van der Waals surface area contributed by atoms with Crippen LogP contribution in [0, 0.1) is 0 Å². The average Bonchev–Trinajstić information content (AvgIpc) is 3.32. The van der Waals surface area contributed by atoms with E-state index in [2.05, 4.69) is 21.2 Å². The number of carbonyl (C=O) groups is 3. The average molecular weight is 504 g/mol. The Morgan fingerprint density at radius 2 is 1.68 bits per heavy atom. The lowest BCUT2D eigenvalue weighted by Gasteiger charge is -2.15. The number of hydrogen-bond acceptors (Lipinski definition) is 7. The minimum absolute atomic E-state index is 0.0301. The largest absolute Gasteiger partial charge is 0.493 e. The van der Waals surface area contributed by atoms with Gasteiger partial charge in [0.15, 0.2) is 18.1 Å². The highest BCUT2D eigenvalue weighted by Gasteiger charge is 2.22. The predicted octanol–water partition coefficient (Wildman–Crippen LogP) is 4.82. The summed E-state index contributed by atoms with van der Waals surface area (Å²) in [5, 5.41) is 4.46. The van der Waals surface area contributed by atoms with Crippen molar-refractivity contribution in [3.05, 3.63) is 74.4 Å². The first-order valence-corrected chi connectivity index (χ1v) is 10.7. The van der Waals surface area contributed by atoms with E-state index in [1.165, 1.54) is 37.7 Å². The van der Waals surface area contributed by atoms with Crippen LogP contribution in [0.4, 0.5) is 5.69 Å². The zero-order chi connectivity index (χ0) is 22.4. The van der Waals surface area contributed by atoms with Gasteiger partial charge in [-0.2, -0.15) is 0 Å². The third kappa shape index (κ3) is 5.31. The van der Waals surface area contributed by atoms with Crippen LogP contribution >= 0.6 is 27.3 Å². The van der Waals surface area contributed by atoms with E-state index in [0.29, 0.717) is 20.7 Å². The summed E-state index contributed by atoms with van der Waals surface area (Å²) < 4.78 is 16.4. The Morgan fingerprint density at radius 3 is 2.32 bits per heavy atom. The van der Waals surface area contributed by atoms with Crippen LogP contribution in [0.2, 0.25) is 0 Å². The molecule has 0 aliphatic carbocycles. The van der Waals surface area contributed by atoms with Gasteiger partial charge in [0.05, 0.1) is 30.3 Å². The Kier molecular flexibility index (Phi) is 7.43. The molecule has 7 nitrogen and oxygen atoms in total. The molecule has 0 aliphatic rings. The molecular weight excluding hydrogens is 486 g/mol. The molecule has 160 valence electrons. The van der Waals surface area contributed by atoms with E-state index in [0.717, 1.165) is 0 Å². The number of benzene rings is 2. The van der Waals surface area contributed by atoms with Gasteiger partial charge in [-0.05, 0) is 17.5 Å². The summed E-state index contributed by atoms with van der Waals surface area (Å²) in [4.78, 5) is 38.2. The topological polar surface area (TPSA) is 90.9 Å². The lowest BCUT2D eigenvalue weighted by molar-refractivity contribution is 0.0475. The molecule has 0 aliphatic heterocycles. The number of methoxy groups -OCH3 is 2. The highest BCUT2D eigenvalue weighted by Crippen LogP contribution is 2.34. The van der Waals surface area contributed by atoms with Crippen molar-refractivity contribution in [2.45, 2.75) is 0 Å². The van der Waals surface area contributed by atoms with Crippen molar-refractivity contribution in [2.24, 2.45) is 0 Å². The van der Waals surface area contributed by atoms with Crippen molar-refractivity contribution in [2.75, 3.05) is 26.1 Å².